The number of carbonyl (C=O) groups is 1. The molecule has 0 radical (unpaired) electrons. The second-order valence-corrected chi connectivity index (χ2v) is 5.34. The number of anilines is 1. The average Bonchev–Trinajstić information content (AvgIpc) is 2.69. The minimum atomic E-state index is -0.137. The molecule has 0 aliphatic rings. The van der Waals surface area contributed by atoms with Crippen molar-refractivity contribution in [1.82, 2.24) is 9.88 Å². The van der Waals surface area contributed by atoms with Gasteiger partial charge in [0.05, 0.1) is 11.7 Å². The maximum atomic E-state index is 12.2. The van der Waals surface area contributed by atoms with Crippen LogP contribution >= 0.6 is 15.9 Å². The predicted octanol–water partition coefficient (Wildman–Crippen LogP) is 2.86. The van der Waals surface area contributed by atoms with E-state index in [1.807, 2.05) is 31.2 Å². The molecule has 3 N–H and O–H groups in total. The van der Waals surface area contributed by atoms with Gasteiger partial charge in [0.25, 0.3) is 5.91 Å². The molecular formula is C14H16BrN3O. The molecule has 1 heterocycles. The maximum Gasteiger partial charge on any atom is 0.268 e. The Morgan fingerprint density at radius 1 is 1.42 bits per heavy atom. The van der Waals surface area contributed by atoms with Gasteiger partial charge in [0.15, 0.2) is 0 Å². The fourth-order valence-corrected chi connectivity index (χ4v) is 2.62. The summed E-state index contributed by atoms with van der Waals surface area (Å²) in [5.74, 6) is -0.137. The van der Waals surface area contributed by atoms with Crippen LogP contribution in [0, 0.1) is 0 Å². The zero-order valence-electron chi connectivity index (χ0n) is 10.9. The summed E-state index contributed by atoms with van der Waals surface area (Å²) in [6, 6.07) is 9.41. The Balaban J connectivity index is 2.15. The highest BCUT2D eigenvalue weighted by molar-refractivity contribution is 9.10. The van der Waals surface area contributed by atoms with Crippen molar-refractivity contribution >= 4 is 27.5 Å². The molecule has 0 saturated carbocycles. The summed E-state index contributed by atoms with van der Waals surface area (Å²) in [4.78, 5) is 12.2. The van der Waals surface area contributed by atoms with Crippen LogP contribution in [0.15, 0.2) is 41.0 Å². The molecule has 0 saturated heterocycles. The third kappa shape index (κ3) is 2.98. The number of hydrogen-bond donors (Lipinski definition) is 2. The number of nitrogen functional groups attached to an aromatic ring is 1. The van der Waals surface area contributed by atoms with Crippen LogP contribution in [0.3, 0.4) is 0 Å². The molecule has 0 spiro atoms. The van der Waals surface area contributed by atoms with E-state index in [1.54, 1.807) is 23.9 Å². The van der Waals surface area contributed by atoms with Crippen molar-refractivity contribution in [2.45, 2.75) is 13.0 Å². The molecule has 0 bridgehead atoms. The van der Waals surface area contributed by atoms with Crippen LogP contribution in [-0.2, 0) is 7.05 Å². The van der Waals surface area contributed by atoms with Crippen LogP contribution in [-0.4, -0.2) is 10.5 Å². The van der Waals surface area contributed by atoms with Gasteiger partial charge in [0.2, 0.25) is 0 Å². The van der Waals surface area contributed by atoms with E-state index in [9.17, 15) is 4.79 Å². The number of rotatable bonds is 3. The number of amides is 1. The highest BCUT2D eigenvalue weighted by atomic mass is 79.9. The van der Waals surface area contributed by atoms with E-state index in [0.717, 1.165) is 10.0 Å². The molecule has 1 aromatic heterocycles. The van der Waals surface area contributed by atoms with E-state index in [4.69, 9.17) is 5.73 Å². The van der Waals surface area contributed by atoms with Crippen molar-refractivity contribution in [3.05, 3.63) is 52.3 Å². The summed E-state index contributed by atoms with van der Waals surface area (Å²) in [5, 5.41) is 2.96. The minimum Gasteiger partial charge on any atom is -0.397 e. The smallest absolute Gasteiger partial charge is 0.268 e. The third-order valence-electron chi connectivity index (χ3n) is 2.98. The molecule has 1 atom stereocenters. The molecule has 1 aromatic carbocycles. The van der Waals surface area contributed by atoms with E-state index >= 15 is 0 Å². The van der Waals surface area contributed by atoms with E-state index in [-0.39, 0.29) is 11.9 Å². The third-order valence-corrected chi connectivity index (χ3v) is 3.70. The van der Waals surface area contributed by atoms with E-state index < -0.39 is 0 Å². The molecule has 1 amide bonds. The summed E-state index contributed by atoms with van der Waals surface area (Å²) in [7, 11) is 1.80. The van der Waals surface area contributed by atoms with Crippen LogP contribution in [0.25, 0.3) is 0 Å². The van der Waals surface area contributed by atoms with E-state index in [1.165, 1.54) is 0 Å². The Labute approximate surface area is 120 Å². The van der Waals surface area contributed by atoms with Crippen LogP contribution in [0.5, 0.6) is 0 Å². The second-order valence-electron chi connectivity index (χ2n) is 4.49. The number of benzene rings is 1. The van der Waals surface area contributed by atoms with Crippen molar-refractivity contribution in [2.75, 3.05) is 5.73 Å². The molecular weight excluding hydrogens is 306 g/mol. The van der Waals surface area contributed by atoms with Gasteiger partial charge in [-0.15, -0.1) is 0 Å². The fourth-order valence-electron chi connectivity index (χ4n) is 1.99. The highest BCUT2D eigenvalue weighted by Gasteiger charge is 2.15. The molecule has 4 nitrogen and oxygen atoms in total. The topological polar surface area (TPSA) is 60.1 Å². The predicted molar refractivity (Wildman–Crippen MR) is 79.8 cm³/mol. The molecule has 5 heteroatoms. The summed E-state index contributed by atoms with van der Waals surface area (Å²) >= 11 is 3.49. The Bertz CT molecular complexity index is 606. The quantitative estimate of drug-likeness (QED) is 0.913. The zero-order chi connectivity index (χ0) is 14.0. The number of halogens is 1. The van der Waals surface area contributed by atoms with Crippen molar-refractivity contribution in [3.63, 3.8) is 0 Å². The van der Waals surface area contributed by atoms with Gasteiger partial charge in [-0.1, -0.05) is 34.1 Å². The first-order chi connectivity index (χ1) is 8.99. The number of nitrogens with two attached hydrogens (primary N) is 1. The first-order valence-corrected chi connectivity index (χ1v) is 6.75. The van der Waals surface area contributed by atoms with Crippen LogP contribution < -0.4 is 11.1 Å². The molecule has 0 fully saturated rings. The fraction of sp³-hybridized carbons (Fsp3) is 0.214. The standard InChI is InChI=1S/C14H16BrN3O/c1-9(11-5-3-4-6-12(11)15)17-14(19)13-7-10(16)8-18(13)2/h3-9H,16H2,1-2H3,(H,17,19). The number of nitrogens with zero attached hydrogens (tertiary/aromatic N) is 1. The highest BCUT2D eigenvalue weighted by Crippen LogP contribution is 2.23. The Hall–Kier alpha value is -1.75. The number of hydrogen-bond acceptors (Lipinski definition) is 2. The minimum absolute atomic E-state index is 0.0841. The molecule has 100 valence electrons. The first kappa shape index (κ1) is 13.7. The van der Waals surface area contributed by atoms with Crippen molar-refractivity contribution in [2.24, 2.45) is 7.05 Å². The largest absolute Gasteiger partial charge is 0.397 e. The van der Waals surface area contributed by atoms with Crippen LogP contribution in [0.2, 0.25) is 0 Å². The van der Waals surface area contributed by atoms with Crippen molar-refractivity contribution < 1.29 is 4.79 Å². The molecule has 2 aromatic rings. The van der Waals surface area contributed by atoms with Gasteiger partial charge in [0, 0.05) is 17.7 Å². The molecule has 0 aliphatic heterocycles. The second kappa shape index (κ2) is 5.48. The zero-order valence-corrected chi connectivity index (χ0v) is 12.4. The lowest BCUT2D eigenvalue weighted by Gasteiger charge is -2.16. The Kier molecular flexibility index (Phi) is 3.95. The number of carbonyl (C=O) groups excluding carboxylic acids is 1. The van der Waals surface area contributed by atoms with E-state index in [0.29, 0.717) is 11.4 Å². The maximum absolute atomic E-state index is 12.2. The monoisotopic (exact) mass is 321 g/mol. The molecule has 19 heavy (non-hydrogen) atoms. The van der Waals surface area contributed by atoms with Crippen LogP contribution in [0.1, 0.15) is 29.0 Å². The number of aryl methyl sites for hydroxylation is 1. The summed E-state index contributed by atoms with van der Waals surface area (Å²) < 4.78 is 2.70. The Morgan fingerprint density at radius 3 is 2.68 bits per heavy atom. The SMILES string of the molecule is CC(NC(=O)c1cc(N)cn1C)c1ccccc1Br. The van der Waals surface area contributed by atoms with Crippen LogP contribution in [0.4, 0.5) is 5.69 Å². The number of nitrogens with one attached hydrogen (secondary N) is 1. The normalized spacial score (nSPS) is 12.2. The van der Waals surface area contributed by atoms with Crippen molar-refractivity contribution in [1.29, 1.82) is 0 Å². The van der Waals surface area contributed by atoms with Gasteiger partial charge in [-0.2, -0.15) is 0 Å². The first-order valence-electron chi connectivity index (χ1n) is 5.96. The van der Waals surface area contributed by atoms with Gasteiger partial charge < -0.3 is 15.6 Å². The van der Waals surface area contributed by atoms with Gasteiger partial charge in [-0.05, 0) is 24.6 Å². The van der Waals surface area contributed by atoms with Gasteiger partial charge in [0.1, 0.15) is 5.69 Å². The molecule has 0 aliphatic carbocycles. The summed E-state index contributed by atoms with van der Waals surface area (Å²) in [5.41, 5.74) is 7.85. The molecule has 1 unspecified atom stereocenters. The lowest BCUT2D eigenvalue weighted by Crippen LogP contribution is -2.28. The van der Waals surface area contributed by atoms with Gasteiger partial charge >= 0.3 is 0 Å². The number of aromatic nitrogens is 1. The lowest BCUT2D eigenvalue weighted by molar-refractivity contribution is 0.0931. The Morgan fingerprint density at radius 2 is 2.11 bits per heavy atom. The van der Waals surface area contributed by atoms with Gasteiger partial charge in [-0.3, -0.25) is 4.79 Å². The average molecular weight is 322 g/mol. The lowest BCUT2D eigenvalue weighted by atomic mass is 10.1. The van der Waals surface area contributed by atoms with E-state index in [2.05, 4.69) is 21.2 Å². The summed E-state index contributed by atoms with van der Waals surface area (Å²) in [6.07, 6.45) is 1.72. The summed E-state index contributed by atoms with van der Waals surface area (Å²) in [6.45, 7) is 1.95. The van der Waals surface area contributed by atoms with Gasteiger partial charge in [-0.25, -0.2) is 0 Å². The molecule has 2 rings (SSSR count). The van der Waals surface area contributed by atoms with Crippen molar-refractivity contribution in [3.8, 4) is 0 Å².